The number of sulfonamides is 1. The molecule has 1 aromatic heterocycles. The van der Waals surface area contributed by atoms with Gasteiger partial charge in [0.1, 0.15) is 5.82 Å². The molecule has 1 aliphatic heterocycles. The molecule has 2 heterocycles. The Kier molecular flexibility index (Phi) is 4.38. The molecule has 0 amide bonds. The summed E-state index contributed by atoms with van der Waals surface area (Å²) in [4.78, 5) is 4.95. The van der Waals surface area contributed by atoms with E-state index in [-0.39, 0.29) is 0 Å². The Balaban J connectivity index is 1.65. The van der Waals surface area contributed by atoms with Crippen molar-refractivity contribution < 1.29 is 8.42 Å². The van der Waals surface area contributed by atoms with E-state index in [0.717, 1.165) is 40.8 Å². The lowest BCUT2D eigenvalue weighted by Crippen LogP contribution is -2.27. The number of fused-ring (bicyclic) bond motifs is 1. The maximum atomic E-state index is 12.7. The van der Waals surface area contributed by atoms with Crippen molar-refractivity contribution in [2.24, 2.45) is 0 Å². The lowest BCUT2D eigenvalue weighted by atomic mass is 10.2. The van der Waals surface area contributed by atoms with Crippen LogP contribution in [0.1, 0.15) is 18.4 Å². The van der Waals surface area contributed by atoms with Gasteiger partial charge in [-0.15, -0.1) is 0 Å². The molecular formula is C20H21N3O2S. The van der Waals surface area contributed by atoms with Gasteiger partial charge in [0.05, 0.1) is 10.4 Å². The van der Waals surface area contributed by atoms with Gasteiger partial charge in [-0.2, -0.15) is 4.31 Å². The third kappa shape index (κ3) is 3.18. The summed E-state index contributed by atoms with van der Waals surface area (Å²) in [6, 6.07) is 17.0. The number of aromatic nitrogens is 1. The van der Waals surface area contributed by atoms with Crippen LogP contribution in [-0.4, -0.2) is 30.8 Å². The molecule has 0 unspecified atom stereocenters. The van der Waals surface area contributed by atoms with Crippen LogP contribution in [0.2, 0.25) is 0 Å². The third-order valence-electron chi connectivity index (χ3n) is 4.77. The number of anilines is 2. The Labute approximate surface area is 153 Å². The van der Waals surface area contributed by atoms with Gasteiger partial charge in [-0.05, 0) is 61.7 Å². The van der Waals surface area contributed by atoms with Gasteiger partial charge in [-0.3, -0.25) is 0 Å². The second kappa shape index (κ2) is 6.70. The highest BCUT2D eigenvalue weighted by Gasteiger charge is 2.27. The normalized spacial score (nSPS) is 15.4. The van der Waals surface area contributed by atoms with Gasteiger partial charge < -0.3 is 5.32 Å². The molecule has 0 saturated carbocycles. The van der Waals surface area contributed by atoms with Crippen molar-refractivity contribution in [3.05, 3.63) is 60.2 Å². The Morgan fingerprint density at radius 3 is 2.54 bits per heavy atom. The number of nitrogens with zero attached hydrogens (tertiary/aromatic N) is 2. The lowest BCUT2D eigenvalue weighted by molar-refractivity contribution is 0.477. The van der Waals surface area contributed by atoms with Gasteiger partial charge in [0.2, 0.25) is 10.0 Å². The van der Waals surface area contributed by atoms with E-state index >= 15 is 0 Å². The molecule has 1 aliphatic rings. The second-order valence-corrected chi connectivity index (χ2v) is 8.54. The largest absolute Gasteiger partial charge is 0.340 e. The van der Waals surface area contributed by atoms with E-state index in [4.69, 9.17) is 0 Å². The number of hydrogen-bond acceptors (Lipinski definition) is 4. The fourth-order valence-corrected chi connectivity index (χ4v) is 4.82. The SMILES string of the molecule is Cc1ccccc1Nc1ccc2cc(S(=O)(=O)N3CCCC3)ccc2n1. The number of aryl methyl sites for hydroxylation is 1. The Hall–Kier alpha value is -2.44. The molecule has 0 atom stereocenters. The summed E-state index contributed by atoms with van der Waals surface area (Å²) in [7, 11) is -3.40. The zero-order valence-corrected chi connectivity index (χ0v) is 15.5. The van der Waals surface area contributed by atoms with Crippen molar-refractivity contribution in [3.8, 4) is 0 Å². The minimum Gasteiger partial charge on any atom is -0.340 e. The quantitative estimate of drug-likeness (QED) is 0.755. The van der Waals surface area contributed by atoms with Gasteiger partial charge in [0.15, 0.2) is 0 Å². The minimum absolute atomic E-state index is 0.341. The Bertz CT molecular complexity index is 1060. The molecule has 0 bridgehead atoms. The summed E-state index contributed by atoms with van der Waals surface area (Å²) in [6.45, 7) is 3.26. The first-order chi connectivity index (χ1) is 12.5. The van der Waals surface area contributed by atoms with Gasteiger partial charge in [-0.1, -0.05) is 18.2 Å². The van der Waals surface area contributed by atoms with Crippen LogP contribution in [0, 0.1) is 6.92 Å². The summed E-state index contributed by atoms with van der Waals surface area (Å²) in [6.07, 6.45) is 1.87. The molecular weight excluding hydrogens is 346 g/mol. The molecule has 3 aromatic rings. The van der Waals surface area contributed by atoms with Crippen LogP contribution >= 0.6 is 0 Å². The second-order valence-electron chi connectivity index (χ2n) is 6.60. The van der Waals surface area contributed by atoms with Crippen LogP contribution in [0.3, 0.4) is 0 Å². The van der Waals surface area contributed by atoms with E-state index in [1.807, 2.05) is 43.3 Å². The fraction of sp³-hybridized carbons (Fsp3) is 0.250. The highest BCUT2D eigenvalue weighted by molar-refractivity contribution is 7.89. The summed E-state index contributed by atoms with van der Waals surface area (Å²) in [5, 5.41) is 4.14. The molecule has 5 nitrogen and oxygen atoms in total. The first kappa shape index (κ1) is 17.0. The minimum atomic E-state index is -3.40. The molecule has 134 valence electrons. The summed E-state index contributed by atoms with van der Waals surface area (Å²) in [5.74, 6) is 0.738. The van der Waals surface area contributed by atoms with Gasteiger partial charge in [0, 0.05) is 24.2 Å². The topological polar surface area (TPSA) is 62.3 Å². The maximum absolute atomic E-state index is 12.7. The van der Waals surface area contributed by atoms with E-state index in [1.54, 1.807) is 22.5 Å². The average molecular weight is 367 g/mol. The molecule has 4 rings (SSSR count). The Morgan fingerprint density at radius 1 is 1.00 bits per heavy atom. The molecule has 1 saturated heterocycles. The summed E-state index contributed by atoms with van der Waals surface area (Å²) >= 11 is 0. The summed E-state index contributed by atoms with van der Waals surface area (Å²) < 4.78 is 27.0. The zero-order valence-electron chi connectivity index (χ0n) is 14.6. The van der Waals surface area contributed by atoms with E-state index in [9.17, 15) is 8.42 Å². The van der Waals surface area contributed by atoms with Crippen LogP contribution in [0.15, 0.2) is 59.5 Å². The van der Waals surface area contributed by atoms with Crippen molar-refractivity contribution in [1.29, 1.82) is 0 Å². The molecule has 1 fully saturated rings. The monoisotopic (exact) mass is 367 g/mol. The van der Waals surface area contributed by atoms with Crippen LogP contribution in [-0.2, 0) is 10.0 Å². The van der Waals surface area contributed by atoms with E-state index in [1.165, 1.54) is 0 Å². The predicted molar refractivity (Wildman–Crippen MR) is 104 cm³/mol. The first-order valence-electron chi connectivity index (χ1n) is 8.78. The van der Waals surface area contributed by atoms with Crippen molar-refractivity contribution in [2.45, 2.75) is 24.7 Å². The number of rotatable bonds is 4. The Morgan fingerprint density at radius 2 is 1.77 bits per heavy atom. The van der Waals surface area contributed by atoms with Crippen molar-refractivity contribution in [3.63, 3.8) is 0 Å². The smallest absolute Gasteiger partial charge is 0.243 e. The molecule has 0 aliphatic carbocycles. The number of para-hydroxylation sites is 1. The zero-order chi connectivity index (χ0) is 18.1. The maximum Gasteiger partial charge on any atom is 0.243 e. The summed E-state index contributed by atoms with van der Waals surface area (Å²) in [5.41, 5.74) is 2.91. The van der Waals surface area contributed by atoms with Crippen LogP contribution in [0.25, 0.3) is 10.9 Å². The van der Waals surface area contributed by atoms with Crippen molar-refractivity contribution in [1.82, 2.24) is 9.29 Å². The predicted octanol–water partition coefficient (Wildman–Crippen LogP) is 4.07. The number of pyridine rings is 1. The van der Waals surface area contributed by atoms with E-state index in [0.29, 0.717) is 18.0 Å². The van der Waals surface area contributed by atoms with Crippen LogP contribution < -0.4 is 5.32 Å². The highest BCUT2D eigenvalue weighted by Crippen LogP contribution is 2.26. The molecule has 1 N–H and O–H groups in total. The molecule has 6 heteroatoms. The number of hydrogen-bond donors (Lipinski definition) is 1. The number of benzene rings is 2. The van der Waals surface area contributed by atoms with Crippen molar-refractivity contribution >= 4 is 32.4 Å². The molecule has 2 aromatic carbocycles. The van der Waals surface area contributed by atoms with Crippen LogP contribution in [0.4, 0.5) is 11.5 Å². The van der Waals surface area contributed by atoms with E-state index < -0.39 is 10.0 Å². The standard InChI is InChI=1S/C20H21N3O2S/c1-15-6-2-3-7-18(15)21-20-11-8-16-14-17(9-10-19(16)22-20)26(24,25)23-12-4-5-13-23/h2-3,6-11,14H,4-5,12-13H2,1H3,(H,21,22). The third-order valence-corrected chi connectivity index (χ3v) is 6.67. The molecule has 0 radical (unpaired) electrons. The molecule has 0 spiro atoms. The van der Waals surface area contributed by atoms with Gasteiger partial charge >= 0.3 is 0 Å². The van der Waals surface area contributed by atoms with Gasteiger partial charge in [0.25, 0.3) is 0 Å². The fourth-order valence-electron chi connectivity index (χ4n) is 3.26. The van der Waals surface area contributed by atoms with Crippen molar-refractivity contribution in [2.75, 3.05) is 18.4 Å². The molecule has 26 heavy (non-hydrogen) atoms. The van der Waals surface area contributed by atoms with E-state index in [2.05, 4.69) is 10.3 Å². The number of nitrogens with one attached hydrogen (secondary N) is 1. The lowest BCUT2D eigenvalue weighted by Gasteiger charge is -2.16. The average Bonchev–Trinajstić information content (AvgIpc) is 3.19. The van der Waals surface area contributed by atoms with Crippen LogP contribution in [0.5, 0.6) is 0 Å². The van der Waals surface area contributed by atoms with Gasteiger partial charge in [-0.25, -0.2) is 13.4 Å². The first-order valence-corrected chi connectivity index (χ1v) is 10.2. The highest BCUT2D eigenvalue weighted by atomic mass is 32.2.